The molecular formula is C33H40N4O6. The molecule has 10 heteroatoms. The number of rotatable bonds is 10. The van der Waals surface area contributed by atoms with E-state index in [-0.39, 0.29) is 54.4 Å². The van der Waals surface area contributed by atoms with E-state index in [1.807, 2.05) is 41.3 Å². The molecule has 0 saturated heterocycles. The summed E-state index contributed by atoms with van der Waals surface area (Å²) in [7, 11) is 0. The van der Waals surface area contributed by atoms with Gasteiger partial charge in [0.1, 0.15) is 11.9 Å². The summed E-state index contributed by atoms with van der Waals surface area (Å²) >= 11 is 0. The predicted octanol–water partition coefficient (Wildman–Crippen LogP) is 4.96. The van der Waals surface area contributed by atoms with E-state index in [4.69, 9.17) is 4.74 Å². The molecule has 1 saturated carbocycles. The van der Waals surface area contributed by atoms with Gasteiger partial charge in [0.05, 0.1) is 17.9 Å². The van der Waals surface area contributed by atoms with Crippen molar-refractivity contribution in [2.75, 3.05) is 5.32 Å². The van der Waals surface area contributed by atoms with E-state index >= 15 is 0 Å². The average molecular weight is 589 g/mol. The smallest absolute Gasteiger partial charge is 0.306 e. The number of hydrogen-bond acceptors (Lipinski definition) is 7. The van der Waals surface area contributed by atoms with Crippen molar-refractivity contribution >= 4 is 35.6 Å². The molecule has 10 nitrogen and oxygen atoms in total. The van der Waals surface area contributed by atoms with Crippen LogP contribution in [0.3, 0.4) is 0 Å². The van der Waals surface area contributed by atoms with Gasteiger partial charge in [0.25, 0.3) is 0 Å². The fourth-order valence-corrected chi connectivity index (χ4v) is 5.37. The van der Waals surface area contributed by atoms with Crippen LogP contribution in [-0.2, 0) is 30.5 Å². The average Bonchev–Trinajstić information content (AvgIpc) is 3.44. The maximum Gasteiger partial charge on any atom is 0.306 e. The highest BCUT2D eigenvalue weighted by molar-refractivity contribution is 5.92. The molecule has 2 atom stereocenters. The summed E-state index contributed by atoms with van der Waals surface area (Å²) in [5, 5.41) is 16.5. The third kappa shape index (κ3) is 10.1. The molecule has 228 valence electrons. The lowest BCUT2D eigenvalue weighted by atomic mass is 10.1. The Morgan fingerprint density at radius 1 is 0.977 bits per heavy atom. The lowest BCUT2D eigenvalue weighted by molar-refractivity contribution is -0.154. The summed E-state index contributed by atoms with van der Waals surface area (Å²) in [6, 6.07) is 14.0. The predicted molar refractivity (Wildman–Crippen MR) is 163 cm³/mol. The lowest BCUT2D eigenvalue weighted by Gasteiger charge is -2.33. The van der Waals surface area contributed by atoms with E-state index in [1.54, 1.807) is 24.4 Å². The third-order valence-corrected chi connectivity index (χ3v) is 7.57. The molecule has 0 bridgehead atoms. The van der Waals surface area contributed by atoms with Gasteiger partial charge in [-0.25, -0.2) is 5.43 Å². The Morgan fingerprint density at radius 3 is 2.56 bits per heavy atom. The number of hydrazone groups is 1. The van der Waals surface area contributed by atoms with Crippen LogP contribution in [0, 0.1) is 0 Å². The van der Waals surface area contributed by atoms with Crippen molar-refractivity contribution in [3.05, 3.63) is 71.8 Å². The van der Waals surface area contributed by atoms with Crippen molar-refractivity contribution in [3.63, 3.8) is 0 Å². The molecule has 0 aromatic heterocycles. The SMILES string of the molecule is O=C(CCCCC(=O)Nc1ccccc1O)N/N=C/c1cccc(CN2C(=O)CC/C=C/CCC(=O)O[C@H]3CCC[C@@H]32)c1. The van der Waals surface area contributed by atoms with E-state index in [2.05, 4.69) is 15.8 Å². The molecule has 1 aliphatic heterocycles. The van der Waals surface area contributed by atoms with E-state index < -0.39 is 0 Å². The van der Waals surface area contributed by atoms with Gasteiger partial charge >= 0.3 is 5.97 Å². The zero-order valence-corrected chi connectivity index (χ0v) is 24.4. The van der Waals surface area contributed by atoms with Crippen molar-refractivity contribution in [1.82, 2.24) is 10.3 Å². The molecule has 3 N–H and O–H groups in total. The number of allylic oxidation sites excluding steroid dienone is 2. The van der Waals surface area contributed by atoms with Gasteiger partial charge in [-0.05, 0) is 74.3 Å². The van der Waals surface area contributed by atoms with E-state index in [9.17, 15) is 24.3 Å². The number of unbranched alkanes of at least 4 members (excludes halogenated alkanes) is 1. The Bertz CT molecular complexity index is 1340. The van der Waals surface area contributed by atoms with Gasteiger partial charge in [0.15, 0.2) is 0 Å². The normalized spacial score (nSPS) is 20.0. The fourth-order valence-electron chi connectivity index (χ4n) is 5.37. The minimum Gasteiger partial charge on any atom is -0.506 e. The first-order valence-corrected chi connectivity index (χ1v) is 15.0. The second-order valence-electron chi connectivity index (χ2n) is 10.9. The minimum atomic E-state index is -0.286. The zero-order chi connectivity index (χ0) is 30.4. The molecule has 0 radical (unpaired) electrons. The number of benzene rings is 2. The molecule has 43 heavy (non-hydrogen) atoms. The summed E-state index contributed by atoms with van der Waals surface area (Å²) in [6.45, 7) is 0.396. The van der Waals surface area contributed by atoms with Crippen LogP contribution in [0.4, 0.5) is 5.69 Å². The number of para-hydroxylation sites is 2. The summed E-state index contributed by atoms with van der Waals surface area (Å²) in [6.07, 6.45) is 11.1. The monoisotopic (exact) mass is 588 g/mol. The largest absolute Gasteiger partial charge is 0.506 e. The number of esters is 1. The summed E-state index contributed by atoms with van der Waals surface area (Å²) in [5.74, 6) is -0.650. The first kappa shape index (κ1) is 31.5. The fraction of sp³-hybridized carbons (Fsp3) is 0.424. The first-order chi connectivity index (χ1) is 20.9. The standard InChI is InChI=1S/C33H40N4O6/c38-28-15-6-5-13-26(28)35-30(39)17-7-8-18-31(40)36-34-22-24-11-9-12-25(21-24)23-37-27-14-10-16-29(27)43-33(42)20-4-2-1-3-19-32(37)41/h1-2,5-6,9,11-13,15,21-22,27,29,38H,3-4,7-8,10,14,16-20,23H2,(H,35,39)(H,36,40)/b2-1+,34-22+/t27-,29-/m0/s1. The Balaban J connectivity index is 1.26. The number of nitrogens with one attached hydrogen (secondary N) is 2. The summed E-state index contributed by atoms with van der Waals surface area (Å²) in [5.41, 5.74) is 4.58. The molecule has 0 unspecified atom stereocenters. The van der Waals surface area contributed by atoms with Crippen LogP contribution >= 0.6 is 0 Å². The Kier molecular flexibility index (Phi) is 11.9. The molecule has 2 aromatic carbocycles. The maximum absolute atomic E-state index is 13.3. The quantitative estimate of drug-likeness (QED) is 0.0896. The van der Waals surface area contributed by atoms with Crippen LogP contribution in [0.1, 0.15) is 81.8 Å². The number of phenolic OH excluding ortho intramolecular Hbond substituents is 1. The van der Waals surface area contributed by atoms with Crippen LogP contribution in [0.15, 0.2) is 65.8 Å². The minimum absolute atomic E-state index is 0.00774. The van der Waals surface area contributed by atoms with Gasteiger partial charge in [-0.2, -0.15) is 5.10 Å². The van der Waals surface area contributed by atoms with Crippen molar-refractivity contribution in [1.29, 1.82) is 0 Å². The molecule has 4 rings (SSSR count). The summed E-state index contributed by atoms with van der Waals surface area (Å²) < 4.78 is 5.78. The van der Waals surface area contributed by atoms with Crippen LogP contribution < -0.4 is 10.7 Å². The molecule has 3 amide bonds. The topological polar surface area (TPSA) is 137 Å². The van der Waals surface area contributed by atoms with Gasteiger partial charge < -0.3 is 20.1 Å². The van der Waals surface area contributed by atoms with Crippen LogP contribution in [0.2, 0.25) is 0 Å². The number of phenols is 1. The Labute approximate surface area is 252 Å². The second-order valence-corrected chi connectivity index (χ2v) is 10.9. The number of aromatic hydroxyl groups is 1. The molecule has 0 spiro atoms. The number of hydrogen-bond donors (Lipinski definition) is 3. The van der Waals surface area contributed by atoms with Gasteiger partial charge in [-0.3, -0.25) is 19.2 Å². The number of amides is 3. The van der Waals surface area contributed by atoms with E-state index in [0.29, 0.717) is 50.8 Å². The molecule has 1 fully saturated rings. The molecule has 1 heterocycles. The van der Waals surface area contributed by atoms with Gasteiger partial charge in [0, 0.05) is 32.2 Å². The van der Waals surface area contributed by atoms with Crippen molar-refractivity contribution in [2.45, 2.75) is 89.3 Å². The highest BCUT2D eigenvalue weighted by Gasteiger charge is 2.37. The van der Waals surface area contributed by atoms with Crippen LogP contribution in [0.5, 0.6) is 5.75 Å². The van der Waals surface area contributed by atoms with Crippen LogP contribution in [0.25, 0.3) is 0 Å². The van der Waals surface area contributed by atoms with Gasteiger partial charge in [0.2, 0.25) is 17.7 Å². The number of carbonyl (C=O) groups is 4. The van der Waals surface area contributed by atoms with Crippen molar-refractivity contribution in [2.24, 2.45) is 5.10 Å². The zero-order valence-electron chi connectivity index (χ0n) is 24.4. The van der Waals surface area contributed by atoms with Gasteiger partial charge in [-0.1, -0.05) is 42.5 Å². The van der Waals surface area contributed by atoms with E-state index in [1.165, 1.54) is 6.07 Å². The number of fused-ring (bicyclic) bond motifs is 1. The second kappa shape index (κ2) is 16.2. The number of ether oxygens (including phenoxy) is 1. The van der Waals surface area contributed by atoms with E-state index in [0.717, 1.165) is 30.4 Å². The number of nitrogens with zero attached hydrogens (tertiary/aromatic N) is 2. The highest BCUT2D eigenvalue weighted by Crippen LogP contribution is 2.30. The third-order valence-electron chi connectivity index (χ3n) is 7.57. The molecule has 1 aliphatic carbocycles. The number of anilines is 1. The Morgan fingerprint density at radius 2 is 1.74 bits per heavy atom. The first-order valence-electron chi connectivity index (χ1n) is 15.0. The maximum atomic E-state index is 13.3. The molecule has 2 aromatic rings. The van der Waals surface area contributed by atoms with Crippen LogP contribution in [-0.4, -0.2) is 52.1 Å². The molecular weight excluding hydrogens is 548 g/mol. The van der Waals surface area contributed by atoms with Crippen molar-refractivity contribution in [3.8, 4) is 5.75 Å². The van der Waals surface area contributed by atoms with Gasteiger partial charge in [-0.15, -0.1) is 0 Å². The Hall–Kier alpha value is -4.47. The molecule has 2 aliphatic rings. The lowest BCUT2D eigenvalue weighted by Crippen LogP contribution is -2.45. The summed E-state index contributed by atoms with van der Waals surface area (Å²) in [4.78, 5) is 51.8. The van der Waals surface area contributed by atoms with Crippen molar-refractivity contribution < 1.29 is 29.0 Å². The highest BCUT2D eigenvalue weighted by atomic mass is 16.5. The number of carbonyl (C=O) groups excluding carboxylic acids is 4.